The zero-order chi connectivity index (χ0) is 27.7. The average molecular weight is 577 g/mol. The highest BCUT2D eigenvalue weighted by molar-refractivity contribution is 7.92. The number of unbranched alkanes of at least 4 members (excludes halogenated alkanes) is 1. The van der Waals surface area contributed by atoms with Crippen LogP contribution < -0.4 is 9.62 Å². The fourth-order valence-corrected chi connectivity index (χ4v) is 5.66. The van der Waals surface area contributed by atoms with Crippen LogP contribution >= 0.6 is 23.2 Å². The Morgan fingerprint density at radius 3 is 2.18 bits per heavy atom. The van der Waals surface area contributed by atoms with E-state index in [9.17, 15) is 18.0 Å². The third-order valence-corrected chi connectivity index (χ3v) is 8.34. The van der Waals surface area contributed by atoms with Crippen molar-refractivity contribution >= 4 is 50.7 Å². The molecule has 0 aromatic heterocycles. The summed E-state index contributed by atoms with van der Waals surface area (Å²) in [6.45, 7) is 3.65. The summed E-state index contributed by atoms with van der Waals surface area (Å²) in [6.07, 6.45) is 1.71. The minimum absolute atomic E-state index is 0.0160. The summed E-state index contributed by atoms with van der Waals surface area (Å²) in [5, 5.41) is 3.57. The molecule has 0 unspecified atom stereocenters. The van der Waals surface area contributed by atoms with Gasteiger partial charge in [0.15, 0.2) is 0 Å². The first-order valence-electron chi connectivity index (χ1n) is 12.3. The normalized spacial score (nSPS) is 12.0. The SMILES string of the molecule is CCCCNC(=O)[C@@H](C)N(Cc1ccc(Cl)cc1)C(=O)CN(c1ccccc1Cl)S(=O)(=O)c1ccccc1. The fourth-order valence-electron chi connectivity index (χ4n) is 3.79. The van der Waals surface area contributed by atoms with Gasteiger partial charge in [-0.25, -0.2) is 8.42 Å². The van der Waals surface area contributed by atoms with E-state index in [1.807, 2.05) is 6.92 Å². The molecular formula is C28H31Cl2N3O4S. The lowest BCUT2D eigenvalue weighted by atomic mass is 10.1. The minimum atomic E-state index is -4.16. The van der Waals surface area contributed by atoms with E-state index in [4.69, 9.17) is 23.2 Å². The Morgan fingerprint density at radius 2 is 1.55 bits per heavy atom. The molecule has 0 heterocycles. The molecule has 1 N–H and O–H groups in total. The molecule has 38 heavy (non-hydrogen) atoms. The number of nitrogens with one attached hydrogen (secondary N) is 1. The molecule has 202 valence electrons. The van der Waals surface area contributed by atoms with Gasteiger partial charge in [-0.3, -0.25) is 13.9 Å². The third kappa shape index (κ3) is 7.49. The molecule has 3 aromatic rings. The number of hydrogen-bond acceptors (Lipinski definition) is 4. The monoisotopic (exact) mass is 575 g/mol. The van der Waals surface area contributed by atoms with Gasteiger partial charge < -0.3 is 10.2 Å². The number of benzene rings is 3. The summed E-state index contributed by atoms with van der Waals surface area (Å²) in [5.74, 6) is -0.881. The zero-order valence-electron chi connectivity index (χ0n) is 21.3. The Balaban J connectivity index is 1.99. The standard InChI is InChI=1S/C28H31Cl2N3O4S/c1-3-4-18-31-28(35)21(2)32(19-22-14-16-23(29)17-15-22)27(34)20-33(26-13-9-8-12-25(26)30)38(36,37)24-10-6-5-7-11-24/h5-17,21H,3-4,18-20H2,1-2H3,(H,31,35)/t21-/m1/s1. The van der Waals surface area contributed by atoms with E-state index in [1.165, 1.54) is 17.0 Å². The highest BCUT2D eigenvalue weighted by Gasteiger charge is 2.33. The first-order chi connectivity index (χ1) is 18.1. The van der Waals surface area contributed by atoms with Crippen molar-refractivity contribution in [2.45, 2.75) is 44.2 Å². The summed E-state index contributed by atoms with van der Waals surface area (Å²) in [4.78, 5) is 28.2. The smallest absolute Gasteiger partial charge is 0.264 e. The second-order valence-corrected chi connectivity index (χ2v) is 11.5. The maximum Gasteiger partial charge on any atom is 0.264 e. The van der Waals surface area contributed by atoms with E-state index in [0.717, 1.165) is 22.7 Å². The first kappa shape index (κ1) is 29.5. The Labute approximate surface area is 234 Å². The van der Waals surface area contributed by atoms with Crippen LogP contribution in [-0.4, -0.2) is 44.3 Å². The van der Waals surface area contributed by atoms with Crippen LogP contribution in [-0.2, 0) is 26.2 Å². The van der Waals surface area contributed by atoms with Gasteiger partial charge in [-0.05, 0) is 55.3 Å². The van der Waals surface area contributed by atoms with E-state index in [1.54, 1.807) is 73.7 Å². The number of carbonyl (C=O) groups excluding carboxylic acids is 2. The van der Waals surface area contributed by atoms with Crippen molar-refractivity contribution < 1.29 is 18.0 Å². The number of amides is 2. The zero-order valence-corrected chi connectivity index (χ0v) is 23.6. The summed E-state index contributed by atoms with van der Waals surface area (Å²) in [7, 11) is -4.16. The van der Waals surface area contributed by atoms with Gasteiger partial charge in [0.2, 0.25) is 11.8 Å². The van der Waals surface area contributed by atoms with Crippen LogP contribution in [0.3, 0.4) is 0 Å². The molecule has 0 bridgehead atoms. The maximum atomic E-state index is 13.8. The van der Waals surface area contributed by atoms with Crippen molar-refractivity contribution in [2.75, 3.05) is 17.4 Å². The van der Waals surface area contributed by atoms with Gasteiger partial charge in [-0.1, -0.05) is 79.0 Å². The van der Waals surface area contributed by atoms with Crippen molar-refractivity contribution in [1.82, 2.24) is 10.2 Å². The summed E-state index contributed by atoms with van der Waals surface area (Å²) in [5.41, 5.74) is 0.907. The van der Waals surface area contributed by atoms with Crippen LogP contribution in [0.1, 0.15) is 32.3 Å². The van der Waals surface area contributed by atoms with Crippen molar-refractivity contribution in [2.24, 2.45) is 0 Å². The highest BCUT2D eigenvalue weighted by Crippen LogP contribution is 2.30. The molecule has 0 radical (unpaired) electrons. The van der Waals surface area contributed by atoms with Crippen molar-refractivity contribution in [3.63, 3.8) is 0 Å². The molecule has 0 aliphatic rings. The van der Waals surface area contributed by atoms with Crippen molar-refractivity contribution in [3.05, 3.63) is 94.5 Å². The van der Waals surface area contributed by atoms with E-state index in [2.05, 4.69) is 5.32 Å². The second kappa shape index (κ2) is 13.6. The number of halogens is 2. The molecule has 0 aliphatic carbocycles. The molecular weight excluding hydrogens is 545 g/mol. The molecule has 3 rings (SSSR count). The van der Waals surface area contributed by atoms with Gasteiger partial charge >= 0.3 is 0 Å². The van der Waals surface area contributed by atoms with Crippen LogP contribution in [0.5, 0.6) is 0 Å². The number of para-hydroxylation sites is 1. The number of anilines is 1. The molecule has 0 aliphatic heterocycles. The van der Waals surface area contributed by atoms with Gasteiger partial charge in [-0.2, -0.15) is 0 Å². The Bertz CT molecular complexity index is 1340. The second-order valence-electron chi connectivity index (χ2n) is 8.74. The van der Waals surface area contributed by atoms with Gasteiger partial charge in [0.05, 0.1) is 15.6 Å². The predicted molar refractivity (Wildman–Crippen MR) is 152 cm³/mol. The predicted octanol–water partition coefficient (Wildman–Crippen LogP) is 5.52. The lowest BCUT2D eigenvalue weighted by molar-refractivity contribution is -0.139. The first-order valence-corrected chi connectivity index (χ1v) is 14.5. The van der Waals surface area contributed by atoms with Crippen LogP contribution in [0.2, 0.25) is 10.0 Å². The topological polar surface area (TPSA) is 86.8 Å². The fraction of sp³-hybridized carbons (Fsp3) is 0.286. The van der Waals surface area contributed by atoms with Crippen LogP contribution in [0, 0.1) is 0 Å². The summed E-state index contributed by atoms with van der Waals surface area (Å²) in [6, 6.07) is 20.3. The third-order valence-electron chi connectivity index (χ3n) is 5.99. The quantitative estimate of drug-likeness (QED) is 0.288. The van der Waals surface area contributed by atoms with E-state index >= 15 is 0 Å². The molecule has 0 fully saturated rings. The van der Waals surface area contributed by atoms with Gasteiger partial charge in [0.25, 0.3) is 10.0 Å². The molecule has 0 spiro atoms. The Kier molecular flexibility index (Phi) is 10.6. The molecule has 3 aromatic carbocycles. The van der Waals surface area contributed by atoms with Crippen molar-refractivity contribution in [1.29, 1.82) is 0 Å². The number of sulfonamides is 1. The molecule has 0 saturated heterocycles. The maximum absolute atomic E-state index is 13.8. The van der Waals surface area contributed by atoms with E-state index < -0.39 is 28.5 Å². The molecule has 0 saturated carbocycles. The van der Waals surface area contributed by atoms with E-state index in [-0.39, 0.29) is 28.1 Å². The minimum Gasteiger partial charge on any atom is -0.354 e. The summed E-state index contributed by atoms with van der Waals surface area (Å²) >= 11 is 12.4. The average Bonchev–Trinajstić information content (AvgIpc) is 2.92. The van der Waals surface area contributed by atoms with Crippen LogP contribution in [0.4, 0.5) is 5.69 Å². The van der Waals surface area contributed by atoms with Gasteiger partial charge in [0.1, 0.15) is 12.6 Å². The molecule has 7 nitrogen and oxygen atoms in total. The van der Waals surface area contributed by atoms with Crippen LogP contribution in [0.25, 0.3) is 0 Å². The number of carbonyl (C=O) groups is 2. The number of hydrogen-bond donors (Lipinski definition) is 1. The molecule has 1 atom stereocenters. The van der Waals surface area contributed by atoms with Gasteiger partial charge in [-0.15, -0.1) is 0 Å². The largest absolute Gasteiger partial charge is 0.354 e. The summed E-state index contributed by atoms with van der Waals surface area (Å²) < 4.78 is 28.4. The molecule has 10 heteroatoms. The van der Waals surface area contributed by atoms with E-state index in [0.29, 0.717) is 11.6 Å². The Hall–Kier alpha value is -3.07. The number of rotatable bonds is 12. The van der Waals surface area contributed by atoms with Gasteiger partial charge in [0, 0.05) is 18.1 Å². The van der Waals surface area contributed by atoms with Crippen LogP contribution in [0.15, 0.2) is 83.8 Å². The molecule has 2 amide bonds. The van der Waals surface area contributed by atoms with Crippen molar-refractivity contribution in [3.8, 4) is 0 Å². The lowest BCUT2D eigenvalue weighted by Gasteiger charge is -2.32. The lowest BCUT2D eigenvalue weighted by Crippen LogP contribution is -2.51. The number of nitrogens with zero attached hydrogens (tertiary/aromatic N) is 2. The highest BCUT2D eigenvalue weighted by atomic mass is 35.5. The Morgan fingerprint density at radius 1 is 0.921 bits per heavy atom.